The molecular weight excluding hydrogens is 238 g/mol. The van der Waals surface area contributed by atoms with Crippen molar-refractivity contribution in [1.29, 1.82) is 0 Å². The van der Waals surface area contributed by atoms with Gasteiger partial charge in [-0.25, -0.2) is 0 Å². The van der Waals surface area contributed by atoms with Crippen molar-refractivity contribution in [3.05, 3.63) is 29.8 Å². The van der Waals surface area contributed by atoms with E-state index in [4.69, 9.17) is 4.74 Å². The molecule has 0 spiro atoms. The maximum atomic E-state index is 12.0. The molecule has 19 heavy (non-hydrogen) atoms. The molecule has 0 radical (unpaired) electrons. The summed E-state index contributed by atoms with van der Waals surface area (Å²) < 4.78 is 5.19. The normalized spacial score (nSPS) is 16.1. The first-order chi connectivity index (χ1) is 9.29. The zero-order valence-electron chi connectivity index (χ0n) is 11.7. The van der Waals surface area contributed by atoms with Crippen LogP contribution in [0, 0.1) is 5.92 Å². The van der Waals surface area contributed by atoms with E-state index < -0.39 is 0 Å². The van der Waals surface area contributed by atoms with Crippen LogP contribution in [0.3, 0.4) is 0 Å². The smallest absolute Gasteiger partial charge is 0.223 e. The third-order valence-corrected chi connectivity index (χ3v) is 3.82. The molecule has 3 heteroatoms. The number of amides is 1. The van der Waals surface area contributed by atoms with Gasteiger partial charge in [-0.2, -0.15) is 0 Å². The number of hydrogen-bond acceptors (Lipinski definition) is 2. The van der Waals surface area contributed by atoms with Crippen LogP contribution in [0.5, 0.6) is 5.75 Å². The summed E-state index contributed by atoms with van der Waals surface area (Å²) in [4.78, 5) is 12.0. The van der Waals surface area contributed by atoms with Crippen LogP contribution in [0.2, 0.25) is 0 Å². The Bertz CT molecular complexity index is 411. The van der Waals surface area contributed by atoms with Crippen molar-refractivity contribution in [3.63, 3.8) is 0 Å². The molecule has 2 rings (SSSR count). The van der Waals surface area contributed by atoms with Crippen molar-refractivity contribution >= 4 is 5.91 Å². The molecule has 1 N–H and O–H groups in total. The molecule has 0 aliphatic heterocycles. The van der Waals surface area contributed by atoms with E-state index in [2.05, 4.69) is 11.4 Å². The highest BCUT2D eigenvalue weighted by Crippen LogP contribution is 2.23. The topological polar surface area (TPSA) is 38.3 Å². The quantitative estimate of drug-likeness (QED) is 0.885. The Morgan fingerprint density at radius 1 is 1.32 bits per heavy atom. The number of ether oxygens (including phenoxy) is 1. The third-order valence-electron chi connectivity index (χ3n) is 3.82. The maximum absolute atomic E-state index is 12.0. The molecule has 0 bridgehead atoms. The van der Waals surface area contributed by atoms with E-state index in [1.54, 1.807) is 7.11 Å². The lowest BCUT2D eigenvalue weighted by molar-refractivity contribution is -0.125. The lowest BCUT2D eigenvalue weighted by atomic mass is 9.88. The van der Waals surface area contributed by atoms with Crippen molar-refractivity contribution < 1.29 is 9.53 Å². The summed E-state index contributed by atoms with van der Waals surface area (Å²) in [5.41, 5.74) is 1.20. The van der Waals surface area contributed by atoms with Gasteiger partial charge in [-0.3, -0.25) is 4.79 Å². The number of benzene rings is 1. The van der Waals surface area contributed by atoms with E-state index in [9.17, 15) is 4.79 Å². The molecule has 1 aromatic rings. The summed E-state index contributed by atoms with van der Waals surface area (Å²) in [6.45, 7) is 0.711. The first-order valence-electron chi connectivity index (χ1n) is 7.20. The first-order valence-corrected chi connectivity index (χ1v) is 7.20. The first kappa shape index (κ1) is 13.9. The van der Waals surface area contributed by atoms with E-state index in [0.29, 0.717) is 6.54 Å². The second kappa shape index (κ2) is 7.17. The molecule has 1 saturated carbocycles. The number of carbonyl (C=O) groups excluding carboxylic acids is 1. The zero-order valence-corrected chi connectivity index (χ0v) is 11.7. The monoisotopic (exact) mass is 261 g/mol. The van der Waals surface area contributed by atoms with E-state index in [-0.39, 0.29) is 11.8 Å². The number of hydrogen-bond donors (Lipinski definition) is 1. The van der Waals surface area contributed by atoms with E-state index in [1.165, 1.54) is 24.8 Å². The van der Waals surface area contributed by atoms with Crippen LogP contribution in [-0.2, 0) is 11.2 Å². The van der Waals surface area contributed by atoms with Crippen molar-refractivity contribution in [1.82, 2.24) is 5.32 Å². The Balaban J connectivity index is 1.74. The van der Waals surface area contributed by atoms with E-state index in [1.807, 2.05) is 18.2 Å². The fourth-order valence-electron chi connectivity index (χ4n) is 2.67. The molecule has 1 aliphatic carbocycles. The molecule has 0 saturated heterocycles. The predicted octanol–water partition coefficient (Wildman–Crippen LogP) is 2.93. The minimum absolute atomic E-state index is 0.239. The predicted molar refractivity (Wildman–Crippen MR) is 76.3 cm³/mol. The van der Waals surface area contributed by atoms with E-state index >= 15 is 0 Å². The Morgan fingerprint density at radius 2 is 2.11 bits per heavy atom. The average molecular weight is 261 g/mol. The van der Waals surface area contributed by atoms with Crippen LogP contribution in [-0.4, -0.2) is 19.6 Å². The van der Waals surface area contributed by atoms with Crippen molar-refractivity contribution in [2.75, 3.05) is 13.7 Å². The van der Waals surface area contributed by atoms with Crippen molar-refractivity contribution in [2.24, 2.45) is 5.92 Å². The third kappa shape index (κ3) is 4.27. The summed E-state index contributed by atoms with van der Waals surface area (Å²) in [5.74, 6) is 1.36. The minimum Gasteiger partial charge on any atom is -0.497 e. The van der Waals surface area contributed by atoms with E-state index in [0.717, 1.165) is 25.0 Å². The summed E-state index contributed by atoms with van der Waals surface area (Å²) in [7, 11) is 1.67. The van der Waals surface area contributed by atoms with Crippen molar-refractivity contribution in [3.8, 4) is 5.75 Å². The highest BCUT2D eigenvalue weighted by molar-refractivity contribution is 5.78. The van der Waals surface area contributed by atoms with Crippen LogP contribution < -0.4 is 10.1 Å². The maximum Gasteiger partial charge on any atom is 0.223 e. The lowest BCUT2D eigenvalue weighted by Crippen LogP contribution is -2.33. The van der Waals surface area contributed by atoms with Gasteiger partial charge in [0.15, 0.2) is 0 Å². The number of nitrogens with one attached hydrogen (secondary N) is 1. The largest absolute Gasteiger partial charge is 0.497 e. The molecule has 0 atom stereocenters. The minimum atomic E-state index is 0.239. The Kier molecular flexibility index (Phi) is 5.25. The molecule has 1 aromatic carbocycles. The van der Waals surface area contributed by atoms with Gasteiger partial charge in [0, 0.05) is 12.5 Å². The molecular formula is C16H23NO2. The molecule has 104 valence electrons. The van der Waals surface area contributed by atoms with Gasteiger partial charge in [0.05, 0.1) is 7.11 Å². The molecule has 1 aliphatic rings. The summed E-state index contributed by atoms with van der Waals surface area (Å²) in [6, 6.07) is 8.00. The molecule has 0 heterocycles. The van der Waals surface area contributed by atoms with Gasteiger partial charge in [0.2, 0.25) is 5.91 Å². The van der Waals surface area contributed by atoms with Gasteiger partial charge in [0.25, 0.3) is 0 Å². The van der Waals surface area contributed by atoms with Crippen LogP contribution in [0.15, 0.2) is 24.3 Å². The summed E-state index contributed by atoms with van der Waals surface area (Å²) in [6.07, 6.45) is 6.67. The van der Waals surface area contributed by atoms with Gasteiger partial charge < -0.3 is 10.1 Å². The molecule has 1 amide bonds. The average Bonchev–Trinajstić information content (AvgIpc) is 2.48. The molecule has 3 nitrogen and oxygen atoms in total. The SMILES string of the molecule is COc1cccc(CCNC(=O)C2CCCCC2)c1. The molecule has 0 unspecified atom stereocenters. The number of methoxy groups -OCH3 is 1. The second-order valence-corrected chi connectivity index (χ2v) is 5.23. The fraction of sp³-hybridized carbons (Fsp3) is 0.562. The van der Waals surface area contributed by atoms with Crippen molar-refractivity contribution in [2.45, 2.75) is 38.5 Å². The Hall–Kier alpha value is -1.51. The summed E-state index contributed by atoms with van der Waals surface area (Å²) in [5, 5.41) is 3.06. The van der Waals surface area contributed by atoms with Gasteiger partial charge in [-0.15, -0.1) is 0 Å². The Morgan fingerprint density at radius 3 is 2.84 bits per heavy atom. The van der Waals surface area contributed by atoms with Gasteiger partial charge in [-0.1, -0.05) is 31.4 Å². The highest BCUT2D eigenvalue weighted by atomic mass is 16.5. The standard InChI is InChI=1S/C16H23NO2/c1-19-15-9-5-6-13(12-15)10-11-17-16(18)14-7-3-2-4-8-14/h5-6,9,12,14H,2-4,7-8,10-11H2,1H3,(H,17,18). The van der Waals surface area contributed by atoms with Gasteiger partial charge >= 0.3 is 0 Å². The number of carbonyl (C=O) groups is 1. The number of rotatable bonds is 5. The lowest BCUT2D eigenvalue weighted by Gasteiger charge is -2.20. The Labute approximate surface area is 115 Å². The highest BCUT2D eigenvalue weighted by Gasteiger charge is 2.20. The van der Waals surface area contributed by atoms with Crippen LogP contribution in [0.1, 0.15) is 37.7 Å². The molecule has 1 fully saturated rings. The summed E-state index contributed by atoms with van der Waals surface area (Å²) >= 11 is 0. The van der Waals surface area contributed by atoms with Gasteiger partial charge in [-0.05, 0) is 37.0 Å². The second-order valence-electron chi connectivity index (χ2n) is 5.23. The van der Waals surface area contributed by atoms with Crippen LogP contribution in [0.4, 0.5) is 0 Å². The van der Waals surface area contributed by atoms with Gasteiger partial charge in [0.1, 0.15) is 5.75 Å². The fourth-order valence-corrected chi connectivity index (χ4v) is 2.67. The van der Waals surface area contributed by atoms with Crippen LogP contribution in [0.25, 0.3) is 0 Å². The van der Waals surface area contributed by atoms with Crippen LogP contribution >= 0.6 is 0 Å². The molecule has 0 aromatic heterocycles. The zero-order chi connectivity index (χ0) is 13.5.